The molecule has 0 saturated heterocycles. The third kappa shape index (κ3) is 2.37. The summed E-state index contributed by atoms with van der Waals surface area (Å²) in [5, 5.41) is 4.29. The zero-order chi connectivity index (χ0) is 14.1. The topological polar surface area (TPSA) is 50.9 Å². The Kier molecular flexibility index (Phi) is 3.38. The fourth-order valence-corrected chi connectivity index (χ4v) is 3.28. The number of thiazole rings is 1. The van der Waals surface area contributed by atoms with Crippen molar-refractivity contribution in [2.45, 2.75) is 6.92 Å². The molecule has 0 bridgehead atoms. The lowest BCUT2D eigenvalue weighted by molar-refractivity contribution is 1.40. The van der Waals surface area contributed by atoms with Crippen LogP contribution >= 0.6 is 23.6 Å². The molecule has 0 aliphatic rings. The quantitative estimate of drug-likeness (QED) is 0.704. The molecule has 0 unspecified atom stereocenters. The van der Waals surface area contributed by atoms with Gasteiger partial charge in [0.05, 0.1) is 10.2 Å². The number of hydrogen-bond donors (Lipinski definition) is 2. The van der Waals surface area contributed by atoms with Crippen LogP contribution < -0.4 is 11.1 Å². The highest BCUT2D eigenvalue weighted by Crippen LogP contribution is 2.34. The van der Waals surface area contributed by atoms with Gasteiger partial charge in [0.15, 0.2) is 5.11 Å². The lowest BCUT2D eigenvalue weighted by Gasteiger charge is -2.10. The van der Waals surface area contributed by atoms with Gasteiger partial charge in [0.2, 0.25) is 0 Å². The molecule has 5 heteroatoms. The number of benzene rings is 2. The van der Waals surface area contributed by atoms with Gasteiger partial charge in [0.25, 0.3) is 0 Å². The molecule has 0 amide bonds. The predicted molar refractivity (Wildman–Crippen MR) is 90.2 cm³/mol. The molecule has 0 saturated carbocycles. The number of aromatic nitrogens is 1. The Morgan fingerprint density at radius 3 is 2.75 bits per heavy atom. The number of para-hydroxylation sites is 1. The molecule has 3 N–H and O–H groups in total. The van der Waals surface area contributed by atoms with Crippen LogP contribution in [-0.2, 0) is 0 Å². The highest BCUT2D eigenvalue weighted by molar-refractivity contribution is 7.80. The van der Waals surface area contributed by atoms with Crippen LogP contribution in [0.25, 0.3) is 20.8 Å². The first-order valence-electron chi connectivity index (χ1n) is 6.17. The van der Waals surface area contributed by atoms with Gasteiger partial charge >= 0.3 is 0 Å². The normalized spacial score (nSPS) is 10.7. The summed E-state index contributed by atoms with van der Waals surface area (Å²) in [7, 11) is 0. The summed E-state index contributed by atoms with van der Waals surface area (Å²) in [5.74, 6) is 0. The zero-order valence-electron chi connectivity index (χ0n) is 10.9. The summed E-state index contributed by atoms with van der Waals surface area (Å²) in [5.41, 5.74) is 9.70. The van der Waals surface area contributed by atoms with E-state index < -0.39 is 0 Å². The van der Waals surface area contributed by atoms with Crippen molar-refractivity contribution in [3.8, 4) is 10.6 Å². The Labute approximate surface area is 126 Å². The van der Waals surface area contributed by atoms with Crippen molar-refractivity contribution in [1.29, 1.82) is 0 Å². The molecule has 0 atom stereocenters. The van der Waals surface area contributed by atoms with Crippen LogP contribution in [0.3, 0.4) is 0 Å². The van der Waals surface area contributed by atoms with Crippen LogP contribution in [0, 0.1) is 6.92 Å². The van der Waals surface area contributed by atoms with E-state index in [0.717, 1.165) is 27.3 Å². The number of thiocarbonyl (C=S) groups is 1. The highest BCUT2D eigenvalue weighted by atomic mass is 32.1. The van der Waals surface area contributed by atoms with Crippen LogP contribution in [0.4, 0.5) is 5.69 Å². The second-order valence-corrected chi connectivity index (χ2v) is 5.92. The second-order valence-electron chi connectivity index (χ2n) is 4.45. The number of rotatable bonds is 2. The number of anilines is 1. The van der Waals surface area contributed by atoms with Gasteiger partial charge in [-0.3, -0.25) is 0 Å². The van der Waals surface area contributed by atoms with Crippen molar-refractivity contribution in [1.82, 2.24) is 4.98 Å². The van der Waals surface area contributed by atoms with Crippen LogP contribution in [0.5, 0.6) is 0 Å². The molecular formula is C15H13N3S2. The largest absolute Gasteiger partial charge is 0.376 e. The van der Waals surface area contributed by atoms with E-state index in [1.807, 2.05) is 37.3 Å². The maximum Gasteiger partial charge on any atom is 0.168 e. The number of nitrogens with two attached hydrogens (primary N) is 1. The van der Waals surface area contributed by atoms with Gasteiger partial charge in [-0.2, -0.15) is 0 Å². The number of nitrogens with zero attached hydrogens (tertiary/aromatic N) is 1. The first-order chi connectivity index (χ1) is 9.65. The van der Waals surface area contributed by atoms with Gasteiger partial charge < -0.3 is 11.1 Å². The highest BCUT2D eigenvalue weighted by Gasteiger charge is 2.11. The first kappa shape index (κ1) is 13.0. The molecule has 100 valence electrons. The molecule has 3 aromatic rings. The monoisotopic (exact) mass is 299 g/mol. The van der Waals surface area contributed by atoms with E-state index in [9.17, 15) is 0 Å². The number of hydrogen-bond acceptors (Lipinski definition) is 3. The van der Waals surface area contributed by atoms with E-state index in [0.29, 0.717) is 0 Å². The molecule has 0 fully saturated rings. The van der Waals surface area contributed by atoms with Crippen molar-refractivity contribution in [2.24, 2.45) is 5.73 Å². The smallest absolute Gasteiger partial charge is 0.168 e. The van der Waals surface area contributed by atoms with Gasteiger partial charge in [-0.05, 0) is 42.9 Å². The van der Waals surface area contributed by atoms with Crippen LogP contribution in [0.2, 0.25) is 0 Å². The molecule has 0 radical (unpaired) electrons. The average molecular weight is 299 g/mol. The molecular weight excluding hydrogens is 286 g/mol. The zero-order valence-corrected chi connectivity index (χ0v) is 12.5. The van der Waals surface area contributed by atoms with E-state index in [1.54, 1.807) is 11.3 Å². The predicted octanol–water partition coefficient (Wildman–Crippen LogP) is 3.93. The van der Waals surface area contributed by atoms with E-state index in [4.69, 9.17) is 22.9 Å². The molecule has 0 spiro atoms. The summed E-state index contributed by atoms with van der Waals surface area (Å²) >= 11 is 6.59. The Morgan fingerprint density at radius 1 is 1.20 bits per heavy atom. The van der Waals surface area contributed by atoms with Gasteiger partial charge in [-0.1, -0.05) is 24.3 Å². The SMILES string of the molecule is Cc1c(NC(N)=S)cccc1-c1nc2ccccc2s1. The maximum atomic E-state index is 5.55. The molecule has 20 heavy (non-hydrogen) atoms. The Bertz CT molecular complexity index is 760. The minimum atomic E-state index is 0.273. The van der Waals surface area contributed by atoms with Gasteiger partial charge in [-0.15, -0.1) is 11.3 Å². The van der Waals surface area contributed by atoms with Crippen LogP contribution in [0.15, 0.2) is 42.5 Å². The van der Waals surface area contributed by atoms with Crippen molar-refractivity contribution in [3.63, 3.8) is 0 Å². The lowest BCUT2D eigenvalue weighted by atomic mass is 10.1. The Morgan fingerprint density at radius 2 is 2.00 bits per heavy atom. The molecule has 3 rings (SSSR count). The first-order valence-corrected chi connectivity index (χ1v) is 7.39. The van der Waals surface area contributed by atoms with Gasteiger partial charge in [-0.25, -0.2) is 4.98 Å². The summed E-state index contributed by atoms with van der Waals surface area (Å²) in [4.78, 5) is 4.69. The summed E-state index contributed by atoms with van der Waals surface area (Å²) in [6.45, 7) is 2.04. The van der Waals surface area contributed by atoms with Crippen molar-refractivity contribution in [2.75, 3.05) is 5.32 Å². The van der Waals surface area contributed by atoms with E-state index in [1.165, 1.54) is 4.70 Å². The molecule has 3 nitrogen and oxygen atoms in total. The van der Waals surface area contributed by atoms with Crippen molar-refractivity contribution >= 4 is 44.6 Å². The molecule has 1 heterocycles. The van der Waals surface area contributed by atoms with Crippen molar-refractivity contribution in [3.05, 3.63) is 48.0 Å². The summed E-state index contributed by atoms with van der Waals surface area (Å²) < 4.78 is 1.19. The third-order valence-electron chi connectivity index (χ3n) is 3.12. The fourth-order valence-electron chi connectivity index (χ4n) is 2.12. The Hall–Kier alpha value is -1.98. The van der Waals surface area contributed by atoms with E-state index in [-0.39, 0.29) is 5.11 Å². The maximum absolute atomic E-state index is 5.55. The van der Waals surface area contributed by atoms with Crippen molar-refractivity contribution < 1.29 is 0 Å². The minimum Gasteiger partial charge on any atom is -0.376 e. The fraction of sp³-hybridized carbons (Fsp3) is 0.0667. The molecule has 0 aliphatic heterocycles. The number of fused-ring (bicyclic) bond motifs is 1. The van der Waals surface area contributed by atoms with Crippen LogP contribution in [-0.4, -0.2) is 10.1 Å². The van der Waals surface area contributed by atoms with E-state index in [2.05, 4.69) is 17.4 Å². The second kappa shape index (κ2) is 5.19. The summed E-state index contributed by atoms with van der Waals surface area (Å²) in [6, 6.07) is 14.2. The third-order valence-corrected chi connectivity index (χ3v) is 4.29. The van der Waals surface area contributed by atoms with Crippen LogP contribution in [0.1, 0.15) is 5.56 Å². The molecule has 0 aliphatic carbocycles. The standard InChI is InChI=1S/C15H13N3S2/c1-9-10(5-4-7-11(9)18-15(16)19)14-17-12-6-2-3-8-13(12)20-14/h2-8H,1H3,(H3,16,18,19). The molecule has 2 aromatic carbocycles. The molecule has 1 aromatic heterocycles. The average Bonchev–Trinajstić information content (AvgIpc) is 2.84. The lowest BCUT2D eigenvalue weighted by Crippen LogP contribution is -2.19. The number of nitrogens with one attached hydrogen (secondary N) is 1. The van der Waals surface area contributed by atoms with Gasteiger partial charge in [0.1, 0.15) is 5.01 Å². The summed E-state index contributed by atoms with van der Waals surface area (Å²) in [6.07, 6.45) is 0. The minimum absolute atomic E-state index is 0.273. The van der Waals surface area contributed by atoms with Gasteiger partial charge in [0, 0.05) is 11.3 Å². The Balaban J connectivity index is 2.11. The van der Waals surface area contributed by atoms with E-state index >= 15 is 0 Å².